The Hall–Kier alpha value is -2.34. The van der Waals surface area contributed by atoms with Crippen molar-refractivity contribution in [1.29, 1.82) is 0 Å². The van der Waals surface area contributed by atoms with E-state index < -0.39 is 16.1 Å². The van der Waals surface area contributed by atoms with Crippen molar-refractivity contribution in [2.24, 2.45) is 0 Å². The Kier molecular flexibility index (Phi) is 7.11. The van der Waals surface area contributed by atoms with Gasteiger partial charge < -0.3 is 5.32 Å². The van der Waals surface area contributed by atoms with Crippen LogP contribution in [0.1, 0.15) is 54.1 Å². The summed E-state index contributed by atoms with van der Waals surface area (Å²) < 4.78 is 26.3. The first-order valence-electron chi connectivity index (χ1n) is 9.89. The van der Waals surface area contributed by atoms with E-state index in [0.29, 0.717) is 12.1 Å². The number of benzene rings is 2. The number of nitrogens with zero attached hydrogens (tertiary/aromatic N) is 1. The fourth-order valence-electron chi connectivity index (χ4n) is 3.58. The number of carbonyl (C=O) groups is 1. The van der Waals surface area contributed by atoms with Gasteiger partial charge in [0.05, 0.1) is 18.0 Å². The minimum atomic E-state index is -3.64. The van der Waals surface area contributed by atoms with Gasteiger partial charge in [-0.15, -0.1) is 0 Å². The number of anilines is 1. The van der Waals surface area contributed by atoms with Crippen LogP contribution in [0.4, 0.5) is 5.69 Å². The smallest absolute Gasteiger partial charge is 0.244 e. The second-order valence-electron chi connectivity index (χ2n) is 7.89. The molecule has 29 heavy (non-hydrogen) atoms. The largest absolute Gasteiger partial charge is 0.347 e. The summed E-state index contributed by atoms with van der Waals surface area (Å²) in [7, 11) is -3.64. The lowest BCUT2D eigenvalue weighted by Crippen LogP contribution is -2.48. The van der Waals surface area contributed by atoms with E-state index in [9.17, 15) is 13.2 Å². The summed E-state index contributed by atoms with van der Waals surface area (Å²) in [6.45, 7) is 11.5. The van der Waals surface area contributed by atoms with Crippen LogP contribution in [0.2, 0.25) is 0 Å². The monoisotopic (exact) mass is 416 g/mol. The molecule has 2 atom stereocenters. The first kappa shape index (κ1) is 22.9. The van der Waals surface area contributed by atoms with Crippen molar-refractivity contribution in [3.8, 4) is 0 Å². The molecular weight excluding hydrogens is 384 g/mol. The molecule has 0 aliphatic carbocycles. The standard InChI is InChI=1S/C23H32N2O3S/c1-8-22(20-10-9-17(4)18(5)14-20)24-23(26)19(6)25(29(7,27)28)21-12-15(2)11-16(3)13-21/h9-14,19,22H,8H2,1-7H3,(H,24,26)/t19-,22-/m0/s1. The molecule has 2 aromatic rings. The van der Waals surface area contributed by atoms with Crippen LogP contribution < -0.4 is 9.62 Å². The first-order valence-corrected chi connectivity index (χ1v) is 11.7. The summed E-state index contributed by atoms with van der Waals surface area (Å²) in [5.41, 5.74) is 5.78. The maximum absolute atomic E-state index is 13.1. The zero-order chi connectivity index (χ0) is 21.9. The number of sulfonamides is 1. The fourth-order valence-corrected chi connectivity index (χ4v) is 4.74. The normalized spacial score (nSPS) is 13.6. The fraction of sp³-hybridized carbons (Fsp3) is 0.435. The van der Waals surface area contributed by atoms with Crippen LogP contribution in [0.15, 0.2) is 36.4 Å². The molecule has 0 spiro atoms. The van der Waals surface area contributed by atoms with Gasteiger partial charge in [0.25, 0.3) is 0 Å². The number of rotatable bonds is 7. The zero-order valence-corrected chi connectivity index (χ0v) is 19.2. The number of hydrogen-bond donors (Lipinski definition) is 1. The molecule has 0 saturated heterocycles. The van der Waals surface area contributed by atoms with E-state index in [1.807, 2.05) is 45.9 Å². The molecule has 0 aromatic heterocycles. The van der Waals surface area contributed by atoms with Gasteiger partial charge >= 0.3 is 0 Å². The maximum Gasteiger partial charge on any atom is 0.244 e. The second kappa shape index (κ2) is 8.99. The highest BCUT2D eigenvalue weighted by Crippen LogP contribution is 2.25. The molecule has 1 N–H and O–H groups in total. The molecule has 0 aliphatic heterocycles. The first-order chi connectivity index (χ1) is 13.4. The molecule has 5 nitrogen and oxygen atoms in total. The second-order valence-corrected chi connectivity index (χ2v) is 9.75. The van der Waals surface area contributed by atoms with Gasteiger partial charge in [-0.1, -0.05) is 31.2 Å². The van der Waals surface area contributed by atoms with Crippen LogP contribution in [0, 0.1) is 27.7 Å². The van der Waals surface area contributed by atoms with Crippen molar-refractivity contribution in [1.82, 2.24) is 5.32 Å². The van der Waals surface area contributed by atoms with Gasteiger partial charge in [-0.3, -0.25) is 9.10 Å². The third kappa shape index (κ3) is 5.60. The Labute approximate surface area is 175 Å². The quantitative estimate of drug-likeness (QED) is 0.730. The Bertz CT molecular complexity index is 979. The van der Waals surface area contributed by atoms with Crippen LogP contribution in [0.3, 0.4) is 0 Å². The highest BCUT2D eigenvalue weighted by Gasteiger charge is 2.30. The Morgan fingerprint density at radius 1 is 1.00 bits per heavy atom. The molecule has 158 valence electrons. The van der Waals surface area contributed by atoms with Crippen LogP contribution in [0.25, 0.3) is 0 Å². The lowest BCUT2D eigenvalue weighted by atomic mass is 9.99. The zero-order valence-electron chi connectivity index (χ0n) is 18.4. The van der Waals surface area contributed by atoms with E-state index in [4.69, 9.17) is 0 Å². The van der Waals surface area contributed by atoms with Crippen molar-refractivity contribution in [3.63, 3.8) is 0 Å². The van der Waals surface area contributed by atoms with Crippen molar-refractivity contribution in [2.45, 2.75) is 60.0 Å². The molecule has 0 aliphatic rings. The minimum absolute atomic E-state index is 0.176. The van der Waals surface area contributed by atoms with Gasteiger partial charge in [0.2, 0.25) is 15.9 Å². The summed E-state index contributed by atoms with van der Waals surface area (Å²) in [6, 6.07) is 10.6. The number of carbonyl (C=O) groups excluding carboxylic acids is 1. The molecule has 0 saturated carbocycles. The Morgan fingerprint density at radius 2 is 1.59 bits per heavy atom. The molecule has 0 unspecified atom stereocenters. The third-order valence-corrected chi connectivity index (χ3v) is 6.45. The molecule has 2 rings (SSSR count). The Balaban J connectivity index is 2.34. The molecule has 0 bridgehead atoms. The molecule has 0 fully saturated rings. The van der Waals surface area contributed by atoms with Crippen molar-refractivity contribution in [2.75, 3.05) is 10.6 Å². The van der Waals surface area contributed by atoms with E-state index in [1.54, 1.807) is 19.1 Å². The summed E-state index contributed by atoms with van der Waals surface area (Å²) >= 11 is 0. The number of amides is 1. The van der Waals surface area contributed by atoms with Gasteiger partial charge in [0.15, 0.2) is 0 Å². The summed E-state index contributed by atoms with van der Waals surface area (Å²) in [6.07, 6.45) is 1.85. The van der Waals surface area contributed by atoms with Crippen molar-refractivity contribution >= 4 is 21.6 Å². The maximum atomic E-state index is 13.1. The molecule has 2 aromatic carbocycles. The molecule has 6 heteroatoms. The topological polar surface area (TPSA) is 66.5 Å². The lowest BCUT2D eigenvalue weighted by Gasteiger charge is -2.30. The van der Waals surface area contributed by atoms with Gasteiger partial charge in [0, 0.05) is 0 Å². The molecule has 1 amide bonds. The van der Waals surface area contributed by atoms with Gasteiger partial charge in [0.1, 0.15) is 6.04 Å². The summed E-state index contributed by atoms with van der Waals surface area (Å²) in [5, 5.41) is 3.04. The predicted molar refractivity (Wildman–Crippen MR) is 120 cm³/mol. The highest BCUT2D eigenvalue weighted by molar-refractivity contribution is 7.92. The van der Waals surface area contributed by atoms with E-state index in [0.717, 1.165) is 28.5 Å². The van der Waals surface area contributed by atoms with Gasteiger partial charge in [-0.2, -0.15) is 0 Å². The van der Waals surface area contributed by atoms with E-state index >= 15 is 0 Å². The highest BCUT2D eigenvalue weighted by atomic mass is 32.2. The van der Waals surface area contributed by atoms with Crippen LogP contribution in [-0.4, -0.2) is 26.6 Å². The van der Waals surface area contributed by atoms with Crippen molar-refractivity contribution in [3.05, 3.63) is 64.2 Å². The predicted octanol–water partition coefficient (Wildman–Crippen LogP) is 4.34. The number of nitrogens with one attached hydrogen (secondary N) is 1. The van der Waals surface area contributed by atoms with Crippen LogP contribution in [0.5, 0.6) is 0 Å². The van der Waals surface area contributed by atoms with Crippen LogP contribution >= 0.6 is 0 Å². The average molecular weight is 417 g/mol. The summed E-state index contributed by atoms with van der Waals surface area (Å²) in [5.74, 6) is -0.320. The molecule has 0 heterocycles. The average Bonchev–Trinajstić information content (AvgIpc) is 2.60. The SMILES string of the molecule is CC[C@H](NC(=O)[C@H](C)N(c1cc(C)cc(C)c1)S(C)(=O)=O)c1ccc(C)c(C)c1. The van der Waals surface area contributed by atoms with Crippen LogP contribution in [-0.2, 0) is 14.8 Å². The minimum Gasteiger partial charge on any atom is -0.347 e. The third-order valence-electron chi connectivity index (χ3n) is 5.21. The van der Waals surface area contributed by atoms with E-state index in [2.05, 4.69) is 18.3 Å². The Morgan fingerprint density at radius 3 is 2.07 bits per heavy atom. The van der Waals surface area contributed by atoms with Gasteiger partial charge in [-0.25, -0.2) is 8.42 Å². The summed E-state index contributed by atoms with van der Waals surface area (Å²) in [4.78, 5) is 13.1. The number of hydrogen-bond acceptors (Lipinski definition) is 3. The molecular formula is C23H32N2O3S. The molecule has 0 radical (unpaired) electrons. The van der Waals surface area contributed by atoms with E-state index in [-0.39, 0.29) is 11.9 Å². The lowest BCUT2D eigenvalue weighted by molar-refractivity contribution is -0.122. The van der Waals surface area contributed by atoms with Gasteiger partial charge in [-0.05, 0) is 81.0 Å². The van der Waals surface area contributed by atoms with Crippen molar-refractivity contribution < 1.29 is 13.2 Å². The number of aryl methyl sites for hydroxylation is 4. The van der Waals surface area contributed by atoms with E-state index in [1.165, 1.54) is 9.87 Å².